The van der Waals surface area contributed by atoms with E-state index in [2.05, 4.69) is 16.0 Å². The second-order valence-electron chi connectivity index (χ2n) is 9.30. The number of primary amides is 1. The lowest BCUT2D eigenvalue weighted by atomic mass is 10.0. The minimum Gasteiger partial charge on any atom is -0.480 e. The van der Waals surface area contributed by atoms with Crippen molar-refractivity contribution in [3.8, 4) is 0 Å². The summed E-state index contributed by atoms with van der Waals surface area (Å²) >= 11 is 0. The number of nitrogens with two attached hydrogens (primary N) is 2. The monoisotopic (exact) mass is 514 g/mol. The lowest BCUT2D eigenvalue weighted by Gasteiger charge is -2.28. The largest absolute Gasteiger partial charge is 0.480 e. The van der Waals surface area contributed by atoms with E-state index >= 15 is 0 Å². The van der Waals surface area contributed by atoms with Crippen molar-refractivity contribution in [1.29, 1.82) is 0 Å². The number of aliphatic hydroxyl groups is 1. The fourth-order valence-electron chi connectivity index (χ4n) is 3.77. The highest BCUT2D eigenvalue weighted by Gasteiger charge is 2.38. The molecule has 0 bridgehead atoms. The molecule has 1 saturated heterocycles. The molecule has 204 valence electrons. The minimum absolute atomic E-state index is 0.0476. The van der Waals surface area contributed by atoms with Gasteiger partial charge in [-0.3, -0.25) is 28.8 Å². The molecule has 1 aliphatic heterocycles. The molecule has 14 nitrogen and oxygen atoms in total. The first-order valence-corrected chi connectivity index (χ1v) is 11.9. The minimum atomic E-state index is -1.26. The average Bonchev–Trinajstić information content (AvgIpc) is 3.29. The van der Waals surface area contributed by atoms with Crippen LogP contribution >= 0.6 is 0 Å². The van der Waals surface area contributed by atoms with Crippen LogP contribution in [0.15, 0.2) is 0 Å². The first-order valence-electron chi connectivity index (χ1n) is 11.9. The maximum atomic E-state index is 13.1. The van der Waals surface area contributed by atoms with Crippen LogP contribution in [0, 0.1) is 5.92 Å². The van der Waals surface area contributed by atoms with Gasteiger partial charge in [-0.25, -0.2) is 0 Å². The molecule has 0 aliphatic carbocycles. The highest BCUT2D eigenvalue weighted by molar-refractivity contribution is 5.95. The Hall–Kier alpha value is -3.26. The second-order valence-corrected chi connectivity index (χ2v) is 9.30. The van der Waals surface area contributed by atoms with Gasteiger partial charge in [0.25, 0.3) is 0 Å². The molecule has 1 heterocycles. The lowest BCUT2D eigenvalue weighted by molar-refractivity contribution is -0.142. The van der Waals surface area contributed by atoms with Crippen molar-refractivity contribution >= 4 is 35.5 Å². The van der Waals surface area contributed by atoms with Crippen LogP contribution in [-0.2, 0) is 28.8 Å². The zero-order valence-corrected chi connectivity index (χ0v) is 20.9. The zero-order valence-electron chi connectivity index (χ0n) is 20.9. The van der Waals surface area contributed by atoms with E-state index in [1.54, 1.807) is 0 Å². The van der Waals surface area contributed by atoms with Gasteiger partial charge < -0.3 is 42.5 Å². The van der Waals surface area contributed by atoms with Crippen molar-refractivity contribution in [3.05, 3.63) is 0 Å². The number of amides is 5. The van der Waals surface area contributed by atoms with Gasteiger partial charge in [0, 0.05) is 13.0 Å². The van der Waals surface area contributed by atoms with E-state index < -0.39 is 72.3 Å². The Morgan fingerprint density at radius 2 is 1.61 bits per heavy atom. The Morgan fingerprint density at radius 3 is 2.14 bits per heavy atom. The van der Waals surface area contributed by atoms with Gasteiger partial charge in [-0.05, 0) is 38.5 Å². The van der Waals surface area contributed by atoms with E-state index in [0.29, 0.717) is 12.8 Å². The second kappa shape index (κ2) is 14.3. The molecule has 5 atom stereocenters. The van der Waals surface area contributed by atoms with Crippen LogP contribution in [0.25, 0.3) is 0 Å². The molecular weight excluding hydrogens is 476 g/mol. The van der Waals surface area contributed by atoms with E-state index in [1.807, 2.05) is 13.8 Å². The van der Waals surface area contributed by atoms with Crippen molar-refractivity contribution in [3.63, 3.8) is 0 Å². The molecule has 36 heavy (non-hydrogen) atoms. The average molecular weight is 515 g/mol. The number of carboxylic acids is 1. The fraction of sp³-hybridized carbons (Fsp3) is 0.727. The number of rotatable bonds is 14. The van der Waals surface area contributed by atoms with E-state index in [0.717, 1.165) is 0 Å². The van der Waals surface area contributed by atoms with Crippen LogP contribution in [0.4, 0.5) is 0 Å². The smallest absolute Gasteiger partial charge is 0.325 e. The molecule has 1 fully saturated rings. The topological polar surface area (TPSA) is 234 Å². The normalized spacial score (nSPS) is 18.6. The standard InChI is InChI=1S/C22H38N6O8/c1-11(2)9-15(19(32)25-12(3)22(35)36)27-18(31)14(6-7-17(24)30)26-20(33)16-5-4-8-28(16)21(34)13(23)10-29/h11-16,29H,4-10,23H2,1-3H3,(H2,24,30)(H,25,32)(H,26,33)(H,27,31)(H,35,36)/t12-,13-,14-,15-,16-/m0/s1. The molecule has 1 aliphatic rings. The SMILES string of the molecule is CC(C)C[C@H](NC(=O)[C@H](CCC(N)=O)NC(=O)[C@@H]1CCCN1C(=O)[C@@H](N)CO)C(=O)N[C@@H](C)C(=O)O. The molecule has 1 rings (SSSR count). The van der Waals surface area contributed by atoms with Crippen LogP contribution in [-0.4, -0.2) is 94.0 Å². The number of hydrogen-bond donors (Lipinski definition) is 7. The number of carbonyl (C=O) groups is 6. The molecule has 0 unspecified atom stereocenters. The van der Waals surface area contributed by atoms with Crippen molar-refractivity contribution in [2.45, 2.75) is 83.1 Å². The van der Waals surface area contributed by atoms with Crippen LogP contribution in [0.2, 0.25) is 0 Å². The van der Waals surface area contributed by atoms with E-state index in [4.69, 9.17) is 16.6 Å². The maximum Gasteiger partial charge on any atom is 0.325 e. The van der Waals surface area contributed by atoms with Crippen molar-refractivity contribution in [2.75, 3.05) is 13.2 Å². The quantitative estimate of drug-likeness (QED) is 0.126. The summed E-state index contributed by atoms with van der Waals surface area (Å²) < 4.78 is 0. The van der Waals surface area contributed by atoms with Gasteiger partial charge in [-0.15, -0.1) is 0 Å². The molecule has 5 amide bonds. The van der Waals surface area contributed by atoms with Gasteiger partial charge in [-0.2, -0.15) is 0 Å². The molecule has 0 aromatic rings. The number of carboxylic acid groups (broad SMARTS) is 1. The summed E-state index contributed by atoms with van der Waals surface area (Å²) in [6.45, 7) is 4.56. The lowest BCUT2D eigenvalue weighted by Crippen LogP contribution is -2.58. The van der Waals surface area contributed by atoms with Crippen LogP contribution in [0.1, 0.15) is 52.9 Å². The summed E-state index contributed by atoms with van der Waals surface area (Å²) in [6.07, 6.45) is 0.609. The highest BCUT2D eigenvalue weighted by Crippen LogP contribution is 2.19. The Balaban J connectivity index is 3.03. The Kier molecular flexibility index (Phi) is 12.3. The highest BCUT2D eigenvalue weighted by atomic mass is 16.4. The van der Waals surface area contributed by atoms with E-state index in [-0.39, 0.29) is 31.7 Å². The number of nitrogens with zero attached hydrogens (tertiary/aromatic N) is 1. The molecular formula is C22H38N6O8. The number of carbonyl (C=O) groups excluding carboxylic acids is 5. The van der Waals surface area contributed by atoms with Crippen LogP contribution in [0.3, 0.4) is 0 Å². The summed E-state index contributed by atoms with van der Waals surface area (Å²) in [7, 11) is 0. The van der Waals surface area contributed by atoms with Crippen molar-refractivity contribution in [2.24, 2.45) is 17.4 Å². The van der Waals surface area contributed by atoms with Gasteiger partial charge in [-0.1, -0.05) is 13.8 Å². The molecule has 9 N–H and O–H groups in total. The summed E-state index contributed by atoms with van der Waals surface area (Å²) in [5.74, 6) is -4.74. The van der Waals surface area contributed by atoms with Gasteiger partial charge in [0.05, 0.1) is 6.61 Å². The van der Waals surface area contributed by atoms with Gasteiger partial charge in [0.15, 0.2) is 0 Å². The third kappa shape index (κ3) is 9.41. The van der Waals surface area contributed by atoms with Gasteiger partial charge in [0.2, 0.25) is 29.5 Å². The van der Waals surface area contributed by atoms with Crippen molar-refractivity contribution in [1.82, 2.24) is 20.9 Å². The number of nitrogens with one attached hydrogen (secondary N) is 3. The van der Waals surface area contributed by atoms with E-state index in [9.17, 15) is 33.9 Å². The number of aliphatic hydroxyl groups excluding tert-OH is 1. The number of aliphatic carboxylic acids is 1. The predicted molar refractivity (Wildman–Crippen MR) is 127 cm³/mol. The molecule has 0 saturated carbocycles. The molecule has 0 radical (unpaired) electrons. The summed E-state index contributed by atoms with van der Waals surface area (Å²) in [5, 5.41) is 25.6. The summed E-state index contributed by atoms with van der Waals surface area (Å²) in [4.78, 5) is 74.8. The summed E-state index contributed by atoms with van der Waals surface area (Å²) in [6, 6.07) is -5.65. The van der Waals surface area contributed by atoms with Crippen LogP contribution in [0.5, 0.6) is 0 Å². The number of likely N-dealkylation sites (tertiary alicyclic amines) is 1. The Morgan fingerprint density at radius 1 is 1.00 bits per heavy atom. The van der Waals surface area contributed by atoms with Gasteiger partial charge in [0.1, 0.15) is 30.2 Å². The zero-order chi connectivity index (χ0) is 27.6. The van der Waals surface area contributed by atoms with Gasteiger partial charge >= 0.3 is 5.97 Å². The number of hydrogen-bond acceptors (Lipinski definition) is 8. The predicted octanol–water partition coefficient (Wildman–Crippen LogP) is -2.83. The van der Waals surface area contributed by atoms with Crippen molar-refractivity contribution < 1.29 is 39.0 Å². The molecule has 14 heteroatoms. The first kappa shape index (κ1) is 30.8. The molecule has 0 aromatic carbocycles. The third-order valence-electron chi connectivity index (χ3n) is 5.73. The first-order chi connectivity index (χ1) is 16.8. The molecule has 0 spiro atoms. The summed E-state index contributed by atoms with van der Waals surface area (Å²) in [5.41, 5.74) is 10.8. The maximum absolute atomic E-state index is 13.1. The van der Waals surface area contributed by atoms with Crippen LogP contribution < -0.4 is 27.4 Å². The third-order valence-corrected chi connectivity index (χ3v) is 5.73. The Bertz CT molecular complexity index is 835. The Labute approximate surface area is 209 Å². The fourth-order valence-corrected chi connectivity index (χ4v) is 3.77. The van der Waals surface area contributed by atoms with E-state index in [1.165, 1.54) is 11.8 Å². The molecule has 0 aromatic heterocycles.